The van der Waals surface area contributed by atoms with Gasteiger partial charge in [-0.15, -0.1) is 0 Å². The molecule has 0 spiro atoms. The fraction of sp³-hybridized carbons (Fsp3) is 0.688. The van der Waals surface area contributed by atoms with Gasteiger partial charge in [-0.3, -0.25) is 4.98 Å². The molecule has 1 aromatic rings. The molecule has 0 aromatic carbocycles. The number of hydrogen-bond acceptors (Lipinski definition) is 3. The third kappa shape index (κ3) is 3.93. The maximum atomic E-state index is 4.28. The molecule has 19 heavy (non-hydrogen) atoms. The van der Waals surface area contributed by atoms with E-state index in [0.717, 1.165) is 12.5 Å². The van der Waals surface area contributed by atoms with Crippen molar-refractivity contribution in [3.05, 3.63) is 24.0 Å². The summed E-state index contributed by atoms with van der Waals surface area (Å²) >= 11 is 0. The molecule has 1 N–H and O–H groups in total. The van der Waals surface area contributed by atoms with Crippen LogP contribution >= 0.6 is 0 Å². The van der Waals surface area contributed by atoms with Gasteiger partial charge in [-0.2, -0.15) is 0 Å². The third-order valence-corrected chi connectivity index (χ3v) is 3.98. The SMILES string of the molecule is CC(C1CC1)N(C)c1ccncc1CNC(C)(C)C. The van der Waals surface area contributed by atoms with Gasteiger partial charge in [0.15, 0.2) is 0 Å². The van der Waals surface area contributed by atoms with E-state index >= 15 is 0 Å². The highest BCUT2D eigenvalue weighted by Gasteiger charge is 2.31. The minimum Gasteiger partial charge on any atom is -0.371 e. The number of nitrogens with zero attached hydrogens (tertiary/aromatic N) is 2. The van der Waals surface area contributed by atoms with E-state index in [1.54, 1.807) is 0 Å². The van der Waals surface area contributed by atoms with Gasteiger partial charge in [-0.1, -0.05) is 0 Å². The van der Waals surface area contributed by atoms with Gasteiger partial charge in [0.25, 0.3) is 0 Å². The van der Waals surface area contributed by atoms with Gasteiger partial charge >= 0.3 is 0 Å². The average molecular weight is 261 g/mol. The summed E-state index contributed by atoms with van der Waals surface area (Å²) in [5.41, 5.74) is 2.73. The highest BCUT2D eigenvalue weighted by Crippen LogP contribution is 2.36. The molecule has 1 unspecified atom stereocenters. The van der Waals surface area contributed by atoms with E-state index in [0.29, 0.717) is 6.04 Å². The maximum Gasteiger partial charge on any atom is 0.0442 e. The largest absolute Gasteiger partial charge is 0.371 e. The van der Waals surface area contributed by atoms with E-state index in [-0.39, 0.29) is 5.54 Å². The molecule has 2 rings (SSSR count). The molecule has 0 bridgehead atoms. The predicted molar refractivity (Wildman–Crippen MR) is 81.4 cm³/mol. The number of pyridine rings is 1. The topological polar surface area (TPSA) is 28.2 Å². The van der Waals surface area contributed by atoms with E-state index in [4.69, 9.17) is 0 Å². The Morgan fingerprint density at radius 2 is 2.11 bits per heavy atom. The van der Waals surface area contributed by atoms with Crippen LogP contribution in [0.3, 0.4) is 0 Å². The number of aromatic nitrogens is 1. The van der Waals surface area contributed by atoms with Crippen molar-refractivity contribution in [2.75, 3.05) is 11.9 Å². The summed E-state index contributed by atoms with van der Waals surface area (Å²) < 4.78 is 0. The summed E-state index contributed by atoms with van der Waals surface area (Å²) in [4.78, 5) is 6.70. The number of hydrogen-bond donors (Lipinski definition) is 1. The molecule has 1 aliphatic rings. The van der Waals surface area contributed by atoms with Crippen LogP contribution in [0.5, 0.6) is 0 Å². The molecular formula is C16H27N3. The lowest BCUT2D eigenvalue weighted by atomic mass is 10.1. The Kier molecular flexibility index (Phi) is 4.14. The molecule has 3 heteroatoms. The van der Waals surface area contributed by atoms with Crippen LogP contribution < -0.4 is 10.2 Å². The standard InChI is InChI=1S/C16H27N3/c1-12(13-6-7-13)19(5)15-8-9-17-10-14(15)11-18-16(2,3)4/h8-10,12-13,18H,6-7,11H2,1-5H3. The van der Waals surface area contributed by atoms with Crippen molar-refractivity contribution in [3.8, 4) is 0 Å². The highest BCUT2D eigenvalue weighted by molar-refractivity contribution is 5.52. The van der Waals surface area contributed by atoms with E-state index in [2.05, 4.69) is 56.0 Å². The second kappa shape index (κ2) is 5.49. The summed E-state index contributed by atoms with van der Waals surface area (Å²) in [6.45, 7) is 9.78. The van der Waals surface area contributed by atoms with Gasteiger partial charge in [0.2, 0.25) is 0 Å². The summed E-state index contributed by atoms with van der Waals surface area (Å²) in [6, 6.07) is 2.76. The van der Waals surface area contributed by atoms with Crippen molar-refractivity contribution in [2.45, 2.75) is 58.7 Å². The van der Waals surface area contributed by atoms with Crippen molar-refractivity contribution in [1.29, 1.82) is 0 Å². The Morgan fingerprint density at radius 3 is 2.68 bits per heavy atom. The fourth-order valence-corrected chi connectivity index (χ4v) is 2.37. The lowest BCUT2D eigenvalue weighted by molar-refractivity contribution is 0.423. The molecule has 0 amide bonds. The third-order valence-electron chi connectivity index (χ3n) is 3.98. The summed E-state index contributed by atoms with van der Waals surface area (Å²) in [7, 11) is 2.21. The quantitative estimate of drug-likeness (QED) is 0.882. The molecule has 106 valence electrons. The molecule has 0 radical (unpaired) electrons. The van der Waals surface area contributed by atoms with Crippen LogP contribution in [0.25, 0.3) is 0 Å². The first-order valence-electron chi connectivity index (χ1n) is 7.29. The van der Waals surface area contributed by atoms with Gasteiger partial charge in [0.1, 0.15) is 0 Å². The molecule has 1 saturated carbocycles. The van der Waals surface area contributed by atoms with Crippen LogP contribution in [-0.4, -0.2) is 23.6 Å². The van der Waals surface area contributed by atoms with Crippen molar-refractivity contribution in [2.24, 2.45) is 5.92 Å². The maximum absolute atomic E-state index is 4.28. The molecule has 1 aromatic heterocycles. The van der Waals surface area contributed by atoms with Crippen molar-refractivity contribution in [3.63, 3.8) is 0 Å². The number of nitrogens with one attached hydrogen (secondary N) is 1. The second-order valence-corrected chi connectivity index (χ2v) is 6.80. The summed E-state index contributed by atoms with van der Waals surface area (Å²) in [6.07, 6.45) is 6.65. The second-order valence-electron chi connectivity index (χ2n) is 6.80. The smallest absolute Gasteiger partial charge is 0.0442 e. The van der Waals surface area contributed by atoms with Gasteiger partial charge in [0, 0.05) is 48.8 Å². The predicted octanol–water partition coefficient (Wildman–Crippen LogP) is 3.20. The minimum absolute atomic E-state index is 0.133. The minimum atomic E-state index is 0.133. The lowest BCUT2D eigenvalue weighted by Gasteiger charge is -2.30. The van der Waals surface area contributed by atoms with E-state index in [1.165, 1.54) is 24.1 Å². The zero-order chi connectivity index (χ0) is 14.0. The average Bonchev–Trinajstić information content (AvgIpc) is 3.18. The zero-order valence-corrected chi connectivity index (χ0v) is 12.9. The van der Waals surface area contributed by atoms with Crippen molar-refractivity contribution < 1.29 is 0 Å². The number of anilines is 1. The molecule has 1 fully saturated rings. The first kappa shape index (κ1) is 14.3. The van der Waals surface area contributed by atoms with Crippen LogP contribution in [0.15, 0.2) is 18.5 Å². The van der Waals surface area contributed by atoms with Crippen LogP contribution in [0, 0.1) is 5.92 Å². The van der Waals surface area contributed by atoms with Crippen LogP contribution in [-0.2, 0) is 6.54 Å². The van der Waals surface area contributed by atoms with Crippen LogP contribution in [0.4, 0.5) is 5.69 Å². The molecular weight excluding hydrogens is 234 g/mol. The van der Waals surface area contributed by atoms with E-state index in [1.807, 2.05) is 12.4 Å². The Balaban J connectivity index is 2.10. The van der Waals surface area contributed by atoms with Gasteiger partial charge in [0.05, 0.1) is 0 Å². The zero-order valence-electron chi connectivity index (χ0n) is 12.9. The van der Waals surface area contributed by atoms with E-state index in [9.17, 15) is 0 Å². The molecule has 1 atom stereocenters. The molecule has 1 aliphatic carbocycles. The first-order valence-corrected chi connectivity index (χ1v) is 7.29. The van der Waals surface area contributed by atoms with Crippen molar-refractivity contribution in [1.82, 2.24) is 10.3 Å². The molecule has 0 aliphatic heterocycles. The van der Waals surface area contributed by atoms with Gasteiger partial charge in [-0.25, -0.2) is 0 Å². The Labute approximate surface area is 117 Å². The van der Waals surface area contributed by atoms with Crippen LogP contribution in [0.2, 0.25) is 0 Å². The summed E-state index contributed by atoms with van der Waals surface area (Å²) in [5.74, 6) is 0.876. The van der Waals surface area contributed by atoms with E-state index < -0.39 is 0 Å². The number of rotatable bonds is 5. The summed E-state index contributed by atoms with van der Waals surface area (Å²) in [5, 5.41) is 3.55. The van der Waals surface area contributed by atoms with Gasteiger partial charge < -0.3 is 10.2 Å². The lowest BCUT2D eigenvalue weighted by Crippen LogP contribution is -2.36. The molecule has 1 heterocycles. The van der Waals surface area contributed by atoms with Gasteiger partial charge in [-0.05, 0) is 52.5 Å². The molecule has 3 nitrogen and oxygen atoms in total. The Morgan fingerprint density at radius 1 is 1.42 bits per heavy atom. The normalized spacial score (nSPS) is 17.3. The highest BCUT2D eigenvalue weighted by atomic mass is 15.1. The monoisotopic (exact) mass is 261 g/mol. The molecule has 0 saturated heterocycles. The van der Waals surface area contributed by atoms with Crippen LogP contribution in [0.1, 0.15) is 46.1 Å². The van der Waals surface area contributed by atoms with Crippen molar-refractivity contribution >= 4 is 5.69 Å². The first-order chi connectivity index (χ1) is 8.88. The Hall–Kier alpha value is -1.09. The fourth-order valence-electron chi connectivity index (χ4n) is 2.37. The Bertz CT molecular complexity index is 418.